The van der Waals surface area contributed by atoms with Gasteiger partial charge in [-0.15, -0.1) is 0 Å². The third kappa shape index (κ3) is 2.60. The molecule has 1 heteroatoms. The summed E-state index contributed by atoms with van der Waals surface area (Å²) < 4.78 is 0. The van der Waals surface area contributed by atoms with Gasteiger partial charge in [0.25, 0.3) is 0 Å². The Bertz CT molecular complexity index is 625. The van der Waals surface area contributed by atoms with Crippen LogP contribution in [0, 0.1) is 11.8 Å². The highest BCUT2D eigenvalue weighted by Gasteiger charge is 2.39. The van der Waals surface area contributed by atoms with Gasteiger partial charge in [-0.05, 0) is 52.8 Å². The molecule has 1 fully saturated rings. The van der Waals surface area contributed by atoms with Crippen molar-refractivity contribution < 1.29 is 5.11 Å². The Morgan fingerprint density at radius 1 is 1.10 bits per heavy atom. The second-order valence-corrected chi connectivity index (χ2v) is 7.31. The van der Waals surface area contributed by atoms with Crippen LogP contribution in [0.15, 0.2) is 42.5 Å². The topological polar surface area (TPSA) is 20.2 Å². The normalized spacial score (nSPS) is 30.0. The fourth-order valence-electron chi connectivity index (χ4n) is 4.17. The third-order valence-electron chi connectivity index (χ3n) is 5.48. The van der Waals surface area contributed by atoms with E-state index in [2.05, 4.69) is 63.2 Å². The van der Waals surface area contributed by atoms with Crippen molar-refractivity contribution >= 4 is 10.8 Å². The van der Waals surface area contributed by atoms with Crippen LogP contribution in [0.1, 0.15) is 45.6 Å². The molecule has 1 aliphatic carbocycles. The summed E-state index contributed by atoms with van der Waals surface area (Å²) in [6.45, 7) is 6.79. The minimum absolute atomic E-state index is 0.0890. The van der Waals surface area contributed by atoms with E-state index in [0.29, 0.717) is 11.8 Å². The summed E-state index contributed by atoms with van der Waals surface area (Å²) in [5.41, 5.74) is 1.49. The van der Waals surface area contributed by atoms with E-state index < -0.39 is 0 Å². The zero-order chi connectivity index (χ0) is 15.0. The summed E-state index contributed by atoms with van der Waals surface area (Å²) in [4.78, 5) is 0. The Kier molecular flexibility index (Phi) is 3.79. The first kappa shape index (κ1) is 14.6. The van der Waals surface area contributed by atoms with Crippen LogP contribution < -0.4 is 0 Å². The van der Waals surface area contributed by atoms with Gasteiger partial charge in [-0.1, -0.05) is 63.2 Å². The van der Waals surface area contributed by atoms with Crippen molar-refractivity contribution in [2.24, 2.45) is 11.8 Å². The molecule has 1 N–H and O–H groups in total. The number of hydrogen-bond donors (Lipinski definition) is 1. The molecular formula is C20H26O. The molecule has 0 heterocycles. The molecule has 21 heavy (non-hydrogen) atoms. The molecule has 0 aliphatic heterocycles. The van der Waals surface area contributed by atoms with Crippen molar-refractivity contribution in [2.45, 2.75) is 51.6 Å². The lowest BCUT2D eigenvalue weighted by Crippen LogP contribution is -2.40. The quantitative estimate of drug-likeness (QED) is 0.829. The molecule has 3 rings (SSSR count). The smallest absolute Gasteiger partial charge is 0.0579 e. The highest BCUT2D eigenvalue weighted by atomic mass is 16.3. The Morgan fingerprint density at radius 2 is 1.81 bits per heavy atom. The van der Waals surface area contributed by atoms with E-state index in [4.69, 9.17) is 0 Å². The first-order valence-corrected chi connectivity index (χ1v) is 8.17. The lowest BCUT2D eigenvalue weighted by molar-refractivity contribution is 0.0156. The predicted octanol–water partition coefficient (Wildman–Crippen LogP) is 4.91. The SMILES string of the molecule is CC(C)[C@@H]1CC[C@](C)(c2cccc3ccccc23)C[C@H]1O. The maximum Gasteiger partial charge on any atom is 0.0579 e. The average Bonchev–Trinajstić information content (AvgIpc) is 2.46. The van der Waals surface area contributed by atoms with E-state index in [0.717, 1.165) is 12.8 Å². The Hall–Kier alpha value is -1.34. The maximum atomic E-state index is 10.6. The van der Waals surface area contributed by atoms with Crippen LogP contribution in [0.5, 0.6) is 0 Å². The third-order valence-corrected chi connectivity index (χ3v) is 5.48. The van der Waals surface area contributed by atoms with Crippen molar-refractivity contribution in [2.75, 3.05) is 0 Å². The van der Waals surface area contributed by atoms with Crippen LogP contribution in [0.2, 0.25) is 0 Å². The summed E-state index contributed by atoms with van der Waals surface area (Å²) in [7, 11) is 0. The average molecular weight is 282 g/mol. The molecule has 1 nitrogen and oxygen atoms in total. The largest absolute Gasteiger partial charge is 0.393 e. The predicted molar refractivity (Wildman–Crippen MR) is 89.5 cm³/mol. The number of fused-ring (bicyclic) bond motifs is 1. The Morgan fingerprint density at radius 3 is 2.52 bits per heavy atom. The van der Waals surface area contributed by atoms with Crippen molar-refractivity contribution in [3.63, 3.8) is 0 Å². The molecule has 0 radical (unpaired) electrons. The zero-order valence-electron chi connectivity index (χ0n) is 13.3. The number of aliphatic hydroxyl groups is 1. The molecule has 1 aliphatic rings. The minimum atomic E-state index is -0.178. The fraction of sp³-hybridized carbons (Fsp3) is 0.500. The van der Waals surface area contributed by atoms with Crippen LogP contribution in [-0.4, -0.2) is 11.2 Å². The van der Waals surface area contributed by atoms with Gasteiger partial charge in [-0.2, -0.15) is 0 Å². The molecule has 0 aromatic heterocycles. The van der Waals surface area contributed by atoms with Gasteiger partial charge in [0.1, 0.15) is 0 Å². The molecule has 0 saturated heterocycles. The van der Waals surface area contributed by atoms with Crippen molar-refractivity contribution in [1.82, 2.24) is 0 Å². The highest BCUT2D eigenvalue weighted by Crippen LogP contribution is 2.45. The summed E-state index contributed by atoms with van der Waals surface area (Å²) in [6.07, 6.45) is 2.99. The second-order valence-electron chi connectivity index (χ2n) is 7.31. The zero-order valence-corrected chi connectivity index (χ0v) is 13.3. The van der Waals surface area contributed by atoms with Crippen molar-refractivity contribution in [3.05, 3.63) is 48.0 Å². The van der Waals surface area contributed by atoms with E-state index in [1.165, 1.54) is 22.8 Å². The molecule has 2 aromatic carbocycles. The van der Waals surface area contributed by atoms with E-state index in [-0.39, 0.29) is 11.5 Å². The van der Waals surface area contributed by atoms with Gasteiger partial charge >= 0.3 is 0 Å². The Labute approximate surface area is 128 Å². The van der Waals surface area contributed by atoms with Gasteiger partial charge in [0.05, 0.1) is 6.10 Å². The molecule has 112 valence electrons. The molecule has 2 aromatic rings. The molecule has 0 spiro atoms. The molecule has 1 saturated carbocycles. The van der Waals surface area contributed by atoms with E-state index >= 15 is 0 Å². The fourth-order valence-corrected chi connectivity index (χ4v) is 4.17. The monoisotopic (exact) mass is 282 g/mol. The number of benzene rings is 2. The molecule has 0 bridgehead atoms. The van der Waals surface area contributed by atoms with Gasteiger partial charge in [-0.25, -0.2) is 0 Å². The van der Waals surface area contributed by atoms with Crippen LogP contribution >= 0.6 is 0 Å². The number of hydrogen-bond acceptors (Lipinski definition) is 1. The van der Waals surface area contributed by atoms with Gasteiger partial charge in [-0.3, -0.25) is 0 Å². The maximum absolute atomic E-state index is 10.6. The van der Waals surface area contributed by atoms with E-state index in [1.54, 1.807) is 0 Å². The summed E-state index contributed by atoms with van der Waals surface area (Å²) in [5.74, 6) is 1.02. The minimum Gasteiger partial charge on any atom is -0.393 e. The van der Waals surface area contributed by atoms with Gasteiger partial charge in [0, 0.05) is 0 Å². The highest BCUT2D eigenvalue weighted by molar-refractivity contribution is 5.86. The van der Waals surface area contributed by atoms with Gasteiger partial charge in [0.15, 0.2) is 0 Å². The van der Waals surface area contributed by atoms with Crippen LogP contribution in [0.4, 0.5) is 0 Å². The Balaban J connectivity index is 1.99. The molecule has 0 amide bonds. The van der Waals surface area contributed by atoms with E-state index in [1.807, 2.05) is 0 Å². The van der Waals surface area contributed by atoms with Crippen LogP contribution in [0.3, 0.4) is 0 Å². The lowest BCUT2D eigenvalue weighted by atomic mass is 9.64. The summed E-state index contributed by atoms with van der Waals surface area (Å²) in [6, 6.07) is 15.2. The second kappa shape index (κ2) is 5.46. The van der Waals surface area contributed by atoms with Crippen molar-refractivity contribution in [3.8, 4) is 0 Å². The van der Waals surface area contributed by atoms with Crippen LogP contribution in [-0.2, 0) is 5.41 Å². The number of aliphatic hydroxyl groups excluding tert-OH is 1. The summed E-state index contributed by atoms with van der Waals surface area (Å²) >= 11 is 0. The van der Waals surface area contributed by atoms with E-state index in [9.17, 15) is 5.11 Å². The molecule has 0 unspecified atom stereocenters. The van der Waals surface area contributed by atoms with Gasteiger partial charge < -0.3 is 5.11 Å². The first-order valence-electron chi connectivity index (χ1n) is 8.17. The molecular weight excluding hydrogens is 256 g/mol. The van der Waals surface area contributed by atoms with Gasteiger partial charge in [0.2, 0.25) is 0 Å². The molecule has 3 atom stereocenters. The van der Waals surface area contributed by atoms with Crippen LogP contribution in [0.25, 0.3) is 10.8 Å². The first-order chi connectivity index (χ1) is 10.0. The number of rotatable bonds is 2. The standard InChI is InChI=1S/C20H26O/c1-14(2)16-11-12-20(3,13-19(16)21)18-10-6-8-15-7-4-5-9-17(15)18/h4-10,14,16,19,21H,11-13H2,1-3H3/t16-,19+,20-/m0/s1. The summed E-state index contributed by atoms with van der Waals surface area (Å²) in [5, 5.41) is 13.3. The van der Waals surface area contributed by atoms with Crippen molar-refractivity contribution in [1.29, 1.82) is 0 Å². The lowest BCUT2D eigenvalue weighted by Gasteiger charge is -2.43.